The van der Waals surface area contributed by atoms with Crippen LogP contribution in [0.4, 0.5) is 0 Å². The highest BCUT2D eigenvalue weighted by molar-refractivity contribution is 5.34. The van der Waals surface area contributed by atoms with E-state index in [1.54, 1.807) is 7.11 Å². The van der Waals surface area contributed by atoms with Crippen LogP contribution in [-0.4, -0.2) is 54.5 Å². The molecule has 5 nitrogen and oxygen atoms in total. The summed E-state index contributed by atoms with van der Waals surface area (Å²) in [6.45, 7) is 1.50. The van der Waals surface area contributed by atoms with Crippen LogP contribution in [0.2, 0.25) is 0 Å². The Bertz CT molecular complexity index is 816. The number of nitrogens with one attached hydrogen (secondary N) is 1. The Morgan fingerprint density at radius 3 is 2.34 bits per heavy atom. The summed E-state index contributed by atoms with van der Waals surface area (Å²) in [5.41, 5.74) is 2.53. The minimum atomic E-state index is -0.622. The summed E-state index contributed by atoms with van der Waals surface area (Å²) in [4.78, 5) is 4.63. The second-order valence-corrected chi connectivity index (χ2v) is 8.71. The molecule has 0 amide bonds. The van der Waals surface area contributed by atoms with Crippen LogP contribution >= 0.6 is 0 Å². The lowest BCUT2D eigenvalue weighted by atomic mass is 9.68. The first-order chi connectivity index (χ1) is 14.0. The molecule has 2 aliphatic rings. The number of hydrogen-bond acceptors (Lipinski definition) is 5. The van der Waals surface area contributed by atoms with Crippen molar-refractivity contribution in [3.05, 3.63) is 65.7 Å². The quantitative estimate of drug-likeness (QED) is 0.815. The van der Waals surface area contributed by atoms with Gasteiger partial charge in [-0.25, -0.2) is 0 Å². The minimum Gasteiger partial charge on any atom is -0.496 e. The van der Waals surface area contributed by atoms with Gasteiger partial charge in [0.2, 0.25) is 0 Å². The standard InChI is InChI=1S/C24H33N3O2/c1-26(2)24(20-10-5-4-6-11-20)15-13-23(14-16-24)18-25-22(28)27(23)17-19-9-7-8-12-21(19)29-3/h4-12,22,25,28H,13-18H2,1-3H3. The number of hydrogen-bond donors (Lipinski definition) is 2. The molecule has 29 heavy (non-hydrogen) atoms. The van der Waals surface area contributed by atoms with E-state index in [1.165, 1.54) is 5.56 Å². The molecule has 2 fully saturated rings. The second-order valence-electron chi connectivity index (χ2n) is 8.71. The first kappa shape index (κ1) is 20.4. The Morgan fingerprint density at radius 2 is 1.69 bits per heavy atom. The lowest BCUT2D eigenvalue weighted by Gasteiger charge is -2.51. The molecule has 2 aromatic rings. The normalized spacial score (nSPS) is 30.2. The van der Waals surface area contributed by atoms with Gasteiger partial charge in [0.05, 0.1) is 7.11 Å². The molecule has 156 valence electrons. The zero-order valence-corrected chi connectivity index (χ0v) is 17.8. The maximum Gasteiger partial charge on any atom is 0.163 e. The molecule has 1 aliphatic carbocycles. The van der Waals surface area contributed by atoms with E-state index >= 15 is 0 Å². The van der Waals surface area contributed by atoms with Crippen molar-refractivity contribution in [2.24, 2.45) is 0 Å². The first-order valence-electron chi connectivity index (χ1n) is 10.5. The maximum atomic E-state index is 10.8. The van der Waals surface area contributed by atoms with Gasteiger partial charge in [-0.1, -0.05) is 48.5 Å². The third-order valence-corrected chi connectivity index (χ3v) is 7.23. The predicted octanol–water partition coefficient (Wildman–Crippen LogP) is 3.15. The molecule has 1 saturated heterocycles. The molecule has 0 bridgehead atoms. The van der Waals surface area contributed by atoms with E-state index in [-0.39, 0.29) is 11.1 Å². The summed E-state index contributed by atoms with van der Waals surface area (Å²) >= 11 is 0. The first-order valence-corrected chi connectivity index (χ1v) is 10.5. The second kappa shape index (κ2) is 8.07. The highest BCUT2D eigenvalue weighted by Crippen LogP contribution is 2.48. The average molecular weight is 396 g/mol. The van der Waals surface area contributed by atoms with Crippen LogP contribution in [0.25, 0.3) is 0 Å². The SMILES string of the molecule is COc1ccccc1CN1C(O)NCC12CCC(c1ccccc1)(N(C)C)CC2. The van der Waals surface area contributed by atoms with Gasteiger partial charge >= 0.3 is 0 Å². The molecule has 0 aromatic heterocycles. The van der Waals surface area contributed by atoms with Gasteiger partial charge in [0.1, 0.15) is 5.75 Å². The van der Waals surface area contributed by atoms with Gasteiger partial charge in [0, 0.05) is 29.7 Å². The van der Waals surface area contributed by atoms with Crippen LogP contribution in [-0.2, 0) is 12.1 Å². The number of methoxy groups -OCH3 is 1. The maximum absolute atomic E-state index is 10.8. The molecule has 4 rings (SSSR count). The molecule has 1 unspecified atom stereocenters. The van der Waals surface area contributed by atoms with Crippen molar-refractivity contribution >= 4 is 0 Å². The van der Waals surface area contributed by atoms with Gasteiger partial charge in [-0.2, -0.15) is 0 Å². The van der Waals surface area contributed by atoms with Crippen molar-refractivity contribution in [2.75, 3.05) is 27.7 Å². The fourth-order valence-corrected chi connectivity index (χ4v) is 5.36. The number of rotatable bonds is 5. The molecular weight excluding hydrogens is 362 g/mol. The number of ether oxygens (including phenoxy) is 1. The molecule has 1 heterocycles. The van der Waals surface area contributed by atoms with E-state index in [0.29, 0.717) is 6.54 Å². The van der Waals surface area contributed by atoms with Crippen molar-refractivity contribution in [3.63, 3.8) is 0 Å². The van der Waals surface area contributed by atoms with E-state index in [9.17, 15) is 5.11 Å². The van der Waals surface area contributed by atoms with Crippen molar-refractivity contribution in [2.45, 2.75) is 49.7 Å². The topological polar surface area (TPSA) is 48.0 Å². The van der Waals surface area contributed by atoms with Gasteiger partial charge in [-0.15, -0.1) is 0 Å². The number of aliphatic hydroxyl groups is 1. The van der Waals surface area contributed by atoms with Crippen LogP contribution in [0, 0.1) is 0 Å². The number of aliphatic hydroxyl groups excluding tert-OH is 1. The number of nitrogens with zero attached hydrogens (tertiary/aromatic N) is 2. The summed E-state index contributed by atoms with van der Waals surface area (Å²) in [6.07, 6.45) is 3.60. The Labute approximate surface area is 174 Å². The summed E-state index contributed by atoms with van der Waals surface area (Å²) in [5, 5.41) is 14.1. The lowest BCUT2D eigenvalue weighted by Crippen LogP contribution is -2.55. The fourth-order valence-electron chi connectivity index (χ4n) is 5.36. The van der Waals surface area contributed by atoms with Crippen molar-refractivity contribution < 1.29 is 9.84 Å². The van der Waals surface area contributed by atoms with E-state index in [1.807, 2.05) is 18.2 Å². The van der Waals surface area contributed by atoms with Crippen molar-refractivity contribution in [1.29, 1.82) is 0 Å². The van der Waals surface area contributed by atoms with Gasteiger partial charge in [-0.05, 0) is 51.4 Å². The Kier molecular flexibility index (Phi) is 5.67. The number of benzene rings is 2. The Morgan fingerprint density at radius 1 is 1.03 bits per heavy atom. The summed E-state index contributed by atoms with van der Waals surface area (Å²) in [7, 11) is 6.10. The molecule has 1 saturated carbocycles. The van der Waals surface area contributed by atoms with Crippen molar-refractivity contribution in [1.82, 2.24) is 15.1 Å². The monoisotopic (exact) mass is 395 g/mol. The van der Waals surface area contributed by atoms with Crippen LogP contribution in [0.5, 0.6) is 5.75 Å². The zero-order chi connectivity index (χ0) is 20.5. The Balaban J connectivity index is 1.58. The average Bonchev–Trinajstić information content (AvgIpc) is 3.05. The minimum absolute atomic E-state index is 0.0332. The Hall–Kier alpha value is -1.92. The fraction of sp³-hybridized carbons (Fsp3) is 0.500. The molecule has 0 radical (unpaired) electrons. The molecule has 1 atom stereocenters. The van der Waals surface area contributed by atoms with Crippen LogP contribution in [0.3, 0.4) is 0 Å². The smallest absolute Gasteiger partial charge is 0.163 e. The zero-order valence-electron chi connectivity index (χ0n) is 17.8. The molecule has 2 aromatic carbocycles. The van der Waals surface area contributed by atoms with E-state index < -0.39 is 6.35 Å². The van der Waals surface area contributed by atoms with Crippen molar-refractivity contribution in [3.8, 4) is 5.75 Å². The van der Waals surface area contributed by atoms with Gasteiger partial charge in [0.25, 0.3) is 0 Å². The largest absolute Gasteiger partial charge is 0.496 e. The summed E-state index contributed by atoms with van der Waals surface area (Å²) in [6, 6.07) is 19.0. The third kappa shape index (κ3) is 3.57. The van der Waals surface area contributed by atoms with Crippen LogP contribution < -0.4 is 10.1 Å². The molecule has 1 spiro atoms. The molecule has 5 heteroatoms. The highest BCUT2D eigenvalue weighted by Gasteiger charge is 2.52. The van der Waals surface area contributed by atoms with E-state index in [0.717, 1.165) is 43.5 Å². The van der Waals surface area contributed by atoms with Gasteiger partial charge in [-0.3, -0.25) is 15.1 Å². The summed E-state index contributed by atoms with van der Waals surface area (Å²) < 4.78 is 5.55. The molecular formula is C24H33N3O2. The summed E-state index contributed by atoms with van der Waals surface area (Å²) in [5.74, 6) is 0.879. The van der Waals surface area contributed by atoms with E-state index in [4.69, 9.17) is 4.74 Å². The molecule has 2 N–H and O–H groups in total. The van der Waals surface area contributed by atoms with Crippen LogP contribution in [0.15, 0.2) is 54.6 Å². The molecule has 1 aliphatic heterocycles. The van der Waals surface area contributed by atoms with Gasteiger partial charge in [0.15, 0.2) is 6.35 Å². The van der Waals surface area contributed by atoms with Crippen LogP contribution in [0.1, 0.15) is 36.8 Å². The predicted molar refractivity (Wildman–Crippen MR) is 116 cm³/mol. The highest BCUT2D eigenvalue weighted by atomic mass is 16.5. The number of para-hydroxylation sites is 1. The lowest BCUT2D eigenvalue weighted by molar-refractivity contribution is -0.0641. The third-order valence-electron chi connectivity index (χ3n) is 7.23. The van der Waals surface area contributed by atoms with E-state index in [2.05, 4.69) is 65.6 Å². The van der Waals surface area contributed by atoms with Gasteiger partial charge < -0.3 is 9.84 Å².